The van der Waals surface area contributed by atoms with Crippen molar-refractivity contribution in [3.05, 3.63) is 53.0 Å². The number of ketones is 1. The number of hydrogen-bond donors (Lipinski definition) is 1. The third-order valence-electron chi connectivity index (χ3n) is 3.60. The molecular weight excluding hydrogens is 268 g/mol. The van der Waals surface area contributed by atoms with Gasteiger partial charge in [-0.1, -0.05) is 6.92 Å². The molecule has 0 radical (unpaired) electrons. The fourth-order valence-corrected chi connectivity index (χ4v) is 2.36. The Morgan fingerprint density at radius 2 is 2.14 bits per heavy atom. The topological polar surface area (TPSA) is 62.6 Å². The molecule has 0 saturated carbocycles. The van der Waals surface area contributed by atoms with Crippen LogP contribution in [0.25, 0.3) is 0 Å². The molecule has 0 spiro atoms. The van der Waals surface area contributed by atoms with Crippen molar-refractivity contribution in [2.24, 2.45) is 0 Å². The molecule has 1 N–H and O–H groups in total. The van der Waals surface area contributed by atoms with E-state index in [1.54, 1.807) is 30.1 Å². The largest absolute Gasteiger partial charge is 0.458 e. The van der Waals surface area contributed by atoms with E-state index in [1.165, 1.54) is 0 Å². The lowest BCUT2D eigenvalue weighted by atomic mass is 10.0. The second-order valence-electron chi connectivity index (χ2n) is 5.11. The highest BCUT2D eigenvalue weighted by atomic mass is 16.3. The number of carbonyl (C=O) groups excluding carboxylic acids is 2. The first-order valence-electron chi connectivity index (χ1n) is 6.87. The van der Waals surface area contributed by atoms with Gasteiger partial charge in [0.15, 0.2) is 5.76 Å². The molecule has 0 saturated heterocycles. The normalized spacial score (nSPS) is 13.8. The maximum atomic E-state index is 12.4. The van der Waals surface area contributed by atoms with Gasteiger partial charge in [0.25, 0.3) is 0 Å². The highest BCUT2D eigenvalue weighted by Gasteiger charge is 2.21. The van der Waals surface area contributed by atoms with Crippen molar-refractivity contribution in [2.75, 3.05) is 12.4 Å². The SMILES string of the molecule is CCc1ccc(C(=O)c2ccc3c(c2)CN(C)C(=O)N3)o1. The Bertz CT molecular complexity index is 718. The smallest absolute Gasteiger partial charge is 0.321 e. The minimum absolute atomic E-state index is 0.139. The second-order valence-corrected chi connectivity index (χ2v) is 5.11. The van der Waals surface area contributed by atoms with Gasteiger partial charge in [0, 0.05) is 31.3 Å². The number of carbonyl (C=O) groups is 2. The summed E-state index contributed by atoms with van der Waals surface area (Å²) in [6.45, 7) is 2.46. The molecule has 2 amide bonds. The molecule has 1 aliphatic rings. The molecule has 2 heterocycles. The van der Waals surface area contributed by atoms with Crippen LogP contribution in [0.4, 0.5) is 10.5 Å². The summed E-state index contributed by atoms with van der Waals surface area (Å²) >= 11 is 0. The summed E-state index contributed by atoms with van der Waals surface area (Å²) in [5.74, 6) is 1.00. The quantitative estimate of drug-likeness (QED) is 0.881. The van der Waals surface area contributed by atoms with Crippen LogP contribution in [0.2, 0.25) is 0 Å². The predicted octanol–water partition coefficient (Wildman–Crippen LogP) is 3.05. The lowest BCUT2D eigenvalue weighted by Gasteiger charge is -2.26. The highest BCUT2D eigenvalue weighted by molar-refractivity contribution is 6.07. The van der Waals surface area contributed by atoms with Gasteiger partial charge >= 0.3 is 6.03 Å². The van der Waals surface area contributed by atoms with Gasteiger partial charge < -0.3 is 14.6 Å². The first-order valence-corrected chi connectivity index (χ1v) is 6.87. The van der Waals surface area contributed by atoms with Crippen molar-refractivity contribution in [1.29, 1.82) is 0 Å². The number of benzene rings is 1. The van der Waals surface area contributed by atoms with Gasteiger partial charge in [-0.05, 0) is 35.9 Å². The fourth-order valence-electron chi connectivity index (χ4n) is 2.36. The van der Waals surface area contributed by atoms with Crippen LogP contribution in [0.15, 0.2) is 34.7 Å². The molecule has 0 bridgehead atoms. The van der Waals surface area contributed by atoms with E-state index in [1.807, 2.05) is 19.1 Å². The van der Waals surface area contributed by atoms with Crippen LogP contribution in [0.1, 0.15) is 34.4 Å². The molecule has 0 fully saturated rings. The number of urea groups is 1. The first-order chi connectivity index (χ1) is 10.1. The molecule has 108 valence electrons. The Hall–Kier alpha value is -2.56. The summed E-state index contributed by atoms with van der Waals surface area (Å²) in [5.41, 5.74) is 2.24. The van der Waals surface area contributed by atoms with Crippen LogP contribution >= 0.6 is 0 Å². The van der Waals surface area contributed by atoms with E-state index in [0.29, 0.717) is 17.9 Å². The molecular formula is C16H16N2O3. The Labute approximate surface area is 122 Å². The second kappa shape index (κ2) is 5.09. The molecule has 1 aromatic heterocycles. The molecule has 1 aromatic carbocycles. The molecule has 0 aliphatic carbocycles. The van der Waals surface area contributed by atoms with E-state index in [0.717, 1.165) is 23.4 Å². The van der Waals surface area contributed by atoms with E-state index < -0.39 is 0 Å². The van der Waals surface area contributed by atoms with Crippen molar-refractivity contribution < 1.29 is 14.0 Å². The number of aryl methyl sites for hydroxylation is 1. The van der Waals surface area contributed by atoms with Gasteiger partial charge in [0.2, 0.25) is 5.78 Å². The van der Waals surface area contributed by atoms with Gasteiger partial charge in [-0.25, -0.2) is 4.79 Å². The number of furan rings is 1. The van der Waals surface area contributed by atoms with Crippen molar-refractivity contribution in [2.45, 2.75) is 19.9 Å². The number of nitrogens with zero attached hydrogens (tertiary/aromatic N) is 1. The zero-order valence-corrected chi connectivity index (χ0v) is 12.0. The number of rotatable bonds is 3. The lowest BCUT2D eigenvalue weighted by molar-refractivity contribution is 0.101. The van der Waals surface area contributed by atoms with Crippen LogP contribution in [0, 0.1) is 0 Å². The number of fused-ring (bicyclic) bond motifs is 1. The van der Waals surface area contributed by atoms with E-state index in [-0.39, 0.29) is 11.8 Å². The van der Waals surface area contributed by atoms with Crippen molar-refractivity contribution >= 4 is 17.5 Å². The van der Waals surface area contributed by atoms with Gasteiger partial charge in [0.05, 0.1) is 0 Å². The minimum atomic E-state index is -0.142. The fraction of sp³-hybridized carbons (Fsp3) is 0.250. The van der Waals surface area contributed by atoms with Gasteiger partial charge in [-0.2, -0.15) is 0 Å². The van der Waals surface area contributed by atoms with Gasteiger partial charge in [-0.15, -0.1) is 0 Å². The monoisotopic (exact) mass is 284 g/mol. The maximum Gasteiger partial charge on any atom is 0.321 e. The lowest BCUT2D eigenvalue weighted by Crippen LogP contribution is -2.35. The van der Waals surface area contributed by atoms with Crippen LogP contribution in [-0.2, 0) is 13.0 Å². The van der Waals surface area contributed by atoms with Crippen LogP contribution in [0.3, 0.4) is 0 Å². The average molecular weight is 284 g/mol. The summed E-state index contributed by atoms with van der Waals surface area (Å²) in [5, 5.41) is 2.78. The molecule has 3 rings (SSSR count). The molecule has 21 heavy (non-hydrogen) atoms. The average Bonchev–Trinajstić information content (AvgIpc) is 2.96. The Morgan fingerprint density at radius 1 is 1.33 bits per heavy atom. The number of hydrogen-bond acceptors (Lipinski definition) is 3. The summed E-state index contributed by atoms with van der Waals surface area (Å²) in [4.78, 5) is 25.5. The zero-order chi connectivity index (χ0) is 15.0. The Balaban J connectivity index is 1.91. The zero-order valence-electron chi connectivity index (χ0n) is 12.0. The van der Waals surface area contributed by atoms with E-state index in [4.69, 9.17) is 4.42 Å². The van der Waals surface area contributed by atoms with Crippen LogP contribution in [0.5, 0.6) is 0 Å². The van der Waals surface area contributed by atoms with Gasteiger partial charge in [-0.3, -0.25) is 4.79 Å². The maximum absolute atomic E-state index is 12.4. The highest BCUT2D eigenvalue weighted by Crippen LogP contribution is 2.25. The summed E-state index contributed by atoms with van der Waals surface area (Å²) in [6, 6.07) is 8.66. The van der Waals surface area contributed by atoms with Gasteiger partial charge in [0.1, 0.15) is 5.76 Å². The van der Waals surface area contributed by atoms with E-state index in [2.05, 4.69) is 5.32 Å². The third-order valence-corrected chi connectivity index (χ3v) is 3.60. The molecule has 0 atom stereocenters. The third kappa shape index (κ3) is 2.42. The molecule has 0 unspecified atom stereocenters. The number of amides is 2. The Kier molecular flexibility index (Phi) is 3.25. The van der Waals surface area contributed by atoms with E-state index in [9.17, 15) is 9.59 Å². The molecule has 5 heteroatoms. The van der Waals surface area contributed by atoms with Crippen molar-refractivity contribution in [1.82, 2.24) is 4.90 Å². The predicted molar refractivity (Wildman–Crippen MR) is 78.4 cm³/mol. The number of anilines is 1. The summed E-state index contributed by atoms with van der Waals surface area (Å²) in [7, 11) is 1.72. The van der Waals surface area contributed by atoms with Crippen molar-refractivity contribution in [3.63, 3.8) is 0 Å². The van der Waals surface area contributed by atoms with Crippen molar-refractivity contribution in [3.8, 4) is 0 Å². The standard InChI is InChI=1S/C16H16N2O3/c1-3-12-5-7-14(21-12)15(19)10-4-6-13-11(8-10)9-18(2)16(20)17-13/h4-8H,3,9H2,1-2H3,(H,17,20). The molecule has 5 nitrogen and oxygen atoms in total. The number of nitrogens with one attached hydrogen (secondary N) is 1. The summed E-state index contributed by atoms with van der Waals surface area (Å²) < 4.78 is 5.50. The minimum Gasteiger partial charge on any atom is -0.458 e. The van der Waals surface area contributed by atoms with E-state index >= 15 is 0 Å². The first kappa shape index (κ1) is 13.4. The molecule has 2 aromatic rings. The Morgan fingerprint density at radius 3 is 2.86 bits per heavy atom. The van der Waals surface area contributed by atoms with Crippen LogP contribution in [-0.4, -0.2) is 23.8 Å². The molecule has 1 aliphatic heterocycles. The summed E-state index contributed by atoms with van der Waals surface area (Å²) in [6.07, 6.45) is 0.758. The van der Waals surface area contributed by atoms with Crippen LogP contribution < -0.4 is 5.32 Å².